The van der Waals surface area contributed by atoms with E-state index in [2.05, 4.69) is 20.3 Å². The predicted molar refractivity (Wildman–Crippen MR) is 84.8 cm³/mol. The first kappa shape index (κ1) is 14.8. The molecule has 3 rings (SSSR count). The average molecular weight is 302 g/mol. The third kappa shape index (κ3) is 3.04. The molecule has 7 nitrogen and oxygen atoms in total. The van der Waals surface area contributed by atoms with Gasteiger partial charge in [-0.05, 0) is 18.9 Å². The number of nitrogens with one attached hydrogen (secondary N) is 1. The van der Waals surface area contributed by atoms with E-state index in [-0.39, 0.29) is 5.56 Å². The molecule has 1 atom stereocenters. The summed E-state index contributed by atoms with van der Waals surface area (Å²) in [4.78, 5) is 18.6. The number of piperidine rings is 1. The molecule has 22 heavy (non-hydrogen) atoms. The fraction of sp³-hybridized carbons (Fsp3) is 0.533. The molecule has 1 saturated heterocycles. The molecule has 2 aromatic heterocycles. The smallest absolute Gasteiger partial charge is 0.293 e. The zero-order chi connectivity index (χ0) is 15.5. The number of nitrogens with zero attached hydrogens (tertiary/aromatic N) is 5. The van der Waals surface area contributed by atoms with Gasteiger partial charge in [0.05, 0.1) is 5.69 Å². The van der Waals surface area contributed by atoms with E-state index >= 15 is 0 Å². The van der Waals surface area contributed by atoms with Crippen LogP contribution in [-0.2, 0) is 20.6 Å². The van der Waals surface area contributed by atoms with Crippen LogP contribution in [0.1, 0.15) is 18.5 Å². The SMILES string of the molecule is Cn1nccc1CN[C@@H]1CCCN(c2nccn(C)c2=O)C1. The molecule has 1 fully saturated rings. The van der Waals surface area contributed by atoms with Gasteiger partial charge in [-0.15, -0.1) is 0 Å². The van der Waals surface area contributed by atoms with Crippen molar-refractivity contribution in [3.8, 4) is 0 Å². The molecule has 1 N–H and O–H groups in total. The Labute approximate surface area is 129 Å². The van der Waals surface area contributed by atoms with E-state index in [1.807, 2.05) is 24.0 Å². The summed E-state index contributed by atoms with van der Waals surface area (Å²) in [6.45, 7) is 2.48. The van der Waals surface area contributed by atoms with Gasteiger partial charge in [-0.2, -0.15) is 5.10 Å². The second-order valence-corrected chi connectivity index (χ2v) is 5.78. The van der Waals surface area contributed by atoms with Gasteiger partial charge in [0, 0.05) is 58.4 Å². The Hall–Kier alpha value is -2.15. The molecule has 0 unspecified atom stereocenters. The fourth-order valence-electron chi connectivity index (χ4n) is 2.86. The highest BCUT2D eigenvalue weighted by Gasteiger charge is 2.22. The van der Waals surface area contributed by atoms with Crippen LogP contribution < -0.4 is 15.8 Å². The molecule has 1 aliphatic rings. The van der Waals surface area contributed by atoms with Crippen LogP contribution in [0, 0.1) is 0 Å². The van der Waals surface area contributed by atoms with Gasteiger partial charge in [0.1, 0.15) is 0 Å². The van der Waals surface area contributed by atoms with Gasteiger partial charge in [0.2, 0.25) is 0 Å². The second-order valence-electron chi connectivity index (χ2n) is 5.78. The van der Waals surface area contributed by atoms with Crippen molar-refractivity contribution in [1.82, 2.24) is 24.6 Å². The first-order valence-electron chi connectivity index (χ1n) is 7.62. The van der Waals surface area contributed by atoms with E-state index in [4.69, 9.17) is 0 Å². The maximum Gasteiger partial charge on any atom is 0.293 e. The summed E-state index contributed by atoms with van der Waals surface area (Å²) < 4.78 is 3.46. The molecule has 0 radical (unpaired) electrons. The first-order chi connectivity index (χ1) is 10.6. The third-order valence-corrected chi connectivity index (χ3v) is 4.21. The standard InChI is InChI=1S/C15H22N6O/c1-19-9-7-16-14(15(19)22)21-8-3-4-12(11-21)17-10-13-5-6-18-20(13)2/h5-7,9,12,17H,3-4,8,10-11H2,1-2H3/t12-/m1/s1. The van der Waals surface area contributed by atoms with Gasteiger partial charge >= 0.3 is 0 Å². The molecule has 0 saturated carbocycles. The quantitative estimate of drug-likeness (QED) is 0.878. The van der Waals surface area contributed by atoms with Crippen LogP contribution in [0.2, 0.25) is 0 Å². The largest absolute Gasteiger partial charge is 0.350 e. The molecule has 0 aromatic carbocycles. The van der Waals surface area contributed by atoms with Crippen LogP contribution in [0.5, 0.6) is 0 Å². The van der Waals surface area contributed by atoms with Crippen LogP contribution in [0.25, 0.3) is 0 Å². The number of aromatic nitrogens is 4. The molecular weight excluding hydrogens is 280 g/mol. The zero-order valence-corrected chi connectivity index (χ0v) is 13.1. The minimum Gasteiger partial charge on any atom is -0.350 e. The van der Waals surface area contributed by atoms with Crippen LogP contribution in [0.3, 0.4) is 0 Å². The highest BCUT2D eigenvalue weighted by Crippen LogP contribution is 2.15. The molecule has 0 bridgehead atoms. The third-order valence-electron chi connectivity index (χ3n) is 4.21. The number of aryl methyl sites for hydroxylation is 2. The van der Waals surface area contributed by atoms with Crippen molar-refractivity contribution in [2.24, 2.45) is 14.1 Å². The first-order valence-corrected chi connectivity index (χ1v) is 7.62. The van der Waals surface area contributed by atoms with Crippen LogP contribution >= 0.6 is 0 Å². The molecule has 7 heteroatoms. The molecule has 1 aliphatic heterocycles. The van der Waals surface area contributed by atoms with Crippen molar-refractivity contribution in [1.29, 1.82) is 0 Å². The fourth-order valence-corrected chi connectivity index (χ4v) is 2.86. The Morgan fingerprint density at radius 3 is 3.00 bits per heavy atom. The monoisotopic (exact) mass is 302 g/mol. The summed E-state index contributed by atoms with van der Waals surface area (Å²) in [6.07, 6.45) is 7.35. The number of rotatable bonds is 4. The van der Waals surface area contributed by atoms with E-state index in [0.29, 0.717) is 11.9 Å². The Bertz CT molecular complexity index is 691. The van der Waals surface area contributed by atoms with E-state index in [9.17, 15) is 4.79 Å². The van der Waals surface area contributed by atoms with Gasteiger partial charge in [-0.25, -0.2) is 4.98 Å². The maximum absolute atomic E-state index is 12.2. The van der Waals surface area contributed by atoms with Crippen molar-refractivity contribution in [3.63, 3.8) is 0 Å². The predicted octanol–water partition coefficient (Wildman–Crippen LogP) is 0.272. The molecule has 2 aromatic rings. The number of hydrogen-bond donors (Lipinski definition) is 1. The lowest BCUT2D eigenvalue weighted by molar-refractivity contribution is 0.413. The topological polar surface area (TPSA) is 68.0 Å². The Morgan fingerprint density at radius 1 is 1.36 bits per heavy atom. The lowest BCUT2D eigenvalue weighted by atomic mass is 10.1. The van der Waals surface area contributed by atoms with Gasteiger partial charge in [0.25, 0.3) is 5.56 Å². The average Bonchev–Trinajstić information content (AvgIpc) is 2.93. The molecule has 0 aliphatic carbocycles. The summed E-state index contributed by atoms with van der Waals surface area (Å²) in [5, 5.41) is 7.74. The molecular formula is C15H22N6O. The van der Waals surface area contributed by atoms with E-state index in [1.54, 1.807) is 24.0 Å². The summed E-state index contributed by atoms with van der Waals surface area (Å²) in [7, 11) is 3.71. The summed E-state index contributed by atoms with van der Waals surface area (Å²) in [6, 6.07) is 2.37. The van der Waals surface area contributed by atoms with Gasteiger partial charge in [-0.1, -0.05) is 0 Å². The van der Waals surface area contributed by atoms with Gasteiger partial charge in [-0.3, -0.25) is 9.48 Å². The number of anilines is 1. The molecule has 0 amide bonds. The Morgan fingerprint density at radius 2 is 2.23 bits per heavy atom. The van der Waals surface area contributed by atoms with Gasteiger partial charge < -0.3 is 14.8 Å². The van der Waals surface area contributed by atoms with Crippen LogP contribution in [-0.4, -0.2) is 38.5 Å². The van der Waals surface area contributed by atoms with Crippen molar-refractivity contribution >= 4 is 5.82 Å². The minimum absolute atomic E-state index is 0.0326. The maximum atomic E-state index is 12.2. The molecule has 3 heterocycles. The van der Waals surface area contributed by atoms with Crippen molar-refractivity contribution in [3.05, 3.63) is 40.7 Å². The summed E-state index contributed by atoms with van der Waals surface area (Å²) in [5.74, 6) is 0.553. The van der Waals surface area contributed by atoms with Crippen LogP contribution in [0.15, 0.2) is 29.5 Å². The van der Waals surface area contributed by atoms with Crippen molar-refractivity contribution in [2.75, 3.05) is 18.0 Å². The van der Waals surface area contributed by atoms with E-state index in [1.165, 1.54) is 0 Å². The normalized spacial score (nSPS) is 18.6. The van der Waals surface area contributed by atoms with Gasteiger partial charge in [0.15, 0.2) is 5.82 Å². The Kier molecular flexibility index (Phi) is 4.24. The van der Waals surface area contributed by atoms with Crippen LogP contribution in [0.4, 0.5) is 5.82 Å². The minimum atomic E-state index is -0.0326. The molecule has 0 spiro atoms. The lowest BCUT2D eigenvalue weighted by Crippen LogP contribution is -2.47. The second kappa shape index (κ2) is 6.31. The highest BCUT2D eigenvalue weighted by molar-refractivity contribution is 5.36. The highest BCUT2D eigenvalue weighted by atomic mass is 16.1. The molecule has 118 valence electrons. The van der Waals surface area contributed by atoms with E-state index < -0.39 is 0 Å². The number of hydrogen-bond acceptors (Lipinski definition) is 5. The van der Waals surface area contributed by atoms with Crippen molar-refractivity contribution in [2.45, 2.75) is 25.4 Å². The summed E-state index contributed by atoms with van der Waals surface area (Å²) >= 11 is 0. The summed E-state index contributed by atoms with van der Waals surface area (Å²) in [5.41, 5.74) is 1.13. The van der Waals surface area contributed by atoms with Crippen molar-refractivity contribution < 1.29 is 0 Å². The Balaban J connectivity index is 1.65. The lowest BCUT2D eigenvalue weighted by Gasteiger charge is -2.33. The zero-order valence-electron chi connectivity index (χ0n) is 13.1. The van der Waals surface area contributed by atoms with E-state index in [0.717, 1.165) is 38.2 Å².